The number of thioether (sulfide) groups is 1. The smallest absolute Gasteiger partial charge is 0.303 e. The van der Waals surface area contributed by atoms with E-state index in [1.54, 1.807) is 6.08 Å². The number of nitrogens with one attached hydrogen (secondary N) is 4. The highest BCUT2D eigenvalue weighted by Gasteiger charge is 2.45. The molecule has 0 radical (unpaired) electrons. The molecule has 234 valence electrons. The Bertz CT molecular complexity index is 1560. The average Bonchev–Trinajstić information content (AvgIpc) is 3.53. The van der Waals surface area contributed by atoms with E-state index < -0.39 is 11.9 Å². The number of carbonyl (C=O) groups is 4. The van der Waals surface area contributed by atoms with Gasteiger partial charge in [-0.3, -0.25) is 19.2 Å². The first-order valence-corrected chi connectivity index (χ1v) is 16.1. The van der Waals surface area contributed by atoms with Gasteiger partial charge in [-0.15, -0.1) is 0 Å². The number of allylic oxidation sites excluding steroid dienone is 2. The minimum Gasteiger partial charge on any atom is -0.481 e. The van der Waals surface area contributed by atoms with Crippen LogP contribution in [0.5, 0.6) is 0 Å². The van der Waals surface area contributed by atoms with Gasteiger partial charge in [0.05, 0.1) is 6.04 Å². The third-order valence-electron chi connectivity index (χ3n) is 9.38. The Morgan fingerprint density at radius 1 is 0.977 bits per heavy atom. The molecule has 6 N–H and O–H groups in total. The molecule has 44 heavy (non-hydrogen) atoms. The summed E-state index contributed by atoms with van der Waals surface area (Å²) in [5.74, 6) is -0.900. The van der Waals surface area contributed by atoms with Crippen molar-refractivity contribution in [2.75, 3.05) is 5.75 Å². The zero-order valence-corrected chi connectivity index (χ0v) is 26.3. The molecule has 1 aromatic heterocycles. The normalized spacial score (nSPS) is 28.1. The molecule has 2 saturated heterocycles. The lowest BCUT2D eigenvalue weighted by Crippen LogP contribution is -2.36. The van der Waals surface area contributed by atoms with Crippen molar-refractivity contribution in [3.8, 4) is 0 Å². The molecule has 0 aliphatic carbocycles. The standard InChI is InChI=1S/C33H40N4O6S/c1-6-19-15(2)24(36-33(19)43)11-22-16(3)20(7-9-29(38)39)25(34-22)13-26-21(8-10-30(40)41)17(4)23(35-26)12-27-31(28-14-44-28)18(5)32(42)37-27/h6,12-13,18,22,24,28,31,34-35H,1,7-11,14H2,2-5H3,(H,36,43)(H,37,42)(H,38,39)(H,40,41)/b25-13-,27-12-/t18-,22?,24-,28+,31-/m1/s1. The number of hydrogen-bond acceptors (Lipinski definition) is 6. The zero-order chi connectivity index (χ0) is 31.9. The van der Waals surface area contributed by atoms with Crippen LogP contribution in [0.25, 0.3) is 12.2 Å². The predicted molar refractivity (Wildman–Crippen MR) is 170 cm³/mol. The monoisotopic (exact) mass is 620 g/mol. The fourth-order valence-corrected chi connectivity index (χ4v) is 7.57. The summed E-state index contributed by atoms with van der Waals surface area (Å²) in [4.78, 5) is 51.6. The summed E-state index contributed by atoms with van der Waals surface area (Å²) in [6.45, 7) is 11.6. The second-order valence-electron chi connectivity index (χ2n) is 12.1. The van der Waals surface area contributed by atoms with Crippen LogP contribution in [-0.2, 0) is 25.6 Å². The number of rotatable bonds is 12. The Labute approximate surface area is 261 Å². The summed E-state index contributed by atoms with van der Waals surface area (Å²) in [6.07, 6.45) is 6.64. The first-order valence-electron chi connectivity index (χ1n) is 15.0. The molecule has 2 fully saturated rings. The molecule has 0 bridgehead atoms. The highest BCUT2D eigenvalue weighted by Crippen LogP contribution is 2.46. The van der Waals surface area contributed by atoms with E-state index in [9.17, 15) is 29.4 Å². The second-order valence-corrected chi connectivity index (χ2v) is 13.4. The van der Waals surface area contributed by atoms with Gasteiger partial charge in [-0.1, -0.05) is 19.6 Å². The molecule has 5 atom stereocenters. The first kappa shape index (κ1) is 31.4. The van der Waals surface area contributed by atoms with Crippen molar-refractivity contribution in [3.05, 3.63) is 68.9 Å². The van der Waals surface area contributed by atoms with Crippen molar-refractivity contribution < 1.29 is 29.4 Å². The largest absolute Gasteiger partial charge is 0.481 e. The third-order valence-corrected chi connectivity index (χ3v) is 10.4. The molecule has 1 unspecified atom stereocenters. The number of hydrogen-bond donors (Lipinski definition) is 6. The molecule has 2 amide bonds. The molecule has 10 nitrogen and oxygen atoms in total. The minimum atomic E-state index is -0.898. The van der Waals surface area contributed by atoms with Crippen molar-refractivity contribution in [1.29, 1.82) is 0 Å². The fraction of sp³-hybridized carbons (Fsp3) is 0.455. The van der Waals surface area contributed by atoms with Crippen LogP contribution >= 0.6 is 11.8 Å². The molecule has 4 aliphatic heterocycles. The van der Waals surface area contributed by atoms with Crippen LogP contribution in [0, 0.1) is 18.8 Å². The van der Waals surface area contributed by atoms with Crippen LogP contribution in [0.4, 0.5) is 0 Å². The van der Waals surface area contributed by atoms with E-state index in [1.165, 1.54) is 0 Å². The zero-order valence-electron chi connectivity index (χ0n) is 25.5. The van der Waals surface area contributed by atoms with E-state index in [0.717, 1.165) is 56.4 Å². The van der Waals surface area contributed by atoms with Crippen molar-refractivity contribution in [2.24, 2.45) is 11.8 Å². The number of carboxylic acids is 2. The summed E-state index contributed by atoms with van der Waals surface area (Å²) < 4.78 is 0. The van der Waals surface area contributed by atoms with Crippen molar-refractivity contribution >= 4 is 47.7 Å². The van der Waals surface area contributed by atoms with Gasteiger partial charge in [0.2, 0.25) is 5.91 Å². The van der Waals surface area contributed by atoms with E-state index in [2.05, 4.69) is 27.5 Å². The van der Waals surface area contributed by atoms with Crippen molar-refractivity contribution in [3.63, 3.8) is 0 Å². The first-order chi connectivity index (χ1) is 20.9. The van der Waals surface area contributed by atoms with Crippen LogP contribution in [0.3, 0.4) is 0 Å². The van der Waals surface area contributed by atoms with Crippen LogP contribution in [0.2, 0.25) is 0 Å². The molecular weight excluding hydrogens is 580 g/mol. The van der Waals surface area contributed by atoms with Crippen molar-refractivity contribution in [1.82, 2.24) is 20.9 Å². The van der Waals surface area contributed by atoms with Gasteiger partial charge in [0.1, 0.15) is 0 Å². The number of carbonyl (C=O) groups excluding carboxylic acids is 2. The Hall–Kier alpha value is -3.99. The maximum atomic E-state index is 12.6. The molecule has 11 heteroatoms. The lowest BCUT2D eigenvalue weighted by Gasteiger charge is -2.20. The lowest BCUT2D eigenvalue weighted by atomic mass is 9.91. The molecule has 5 heterocycles. The van der Waals surface area contributed by atoms with Crippen LogP contribution < -0.4 is 16.0 Å². The Morgan fingerprint density at radius 3 is 2.25 bits per heavy atom. The number of amides is 2. The quantitative estimate of drug-likeness (QED) is 0.191. The summed E-state index contributed by atoms with van der Waals surface area (Å²) in [6, 6.07) is -0.316. The van der Waals surface area contributed by atoms with E-state index in [1.807, 2.05) is 51.6 Å². The molecule has 0 aromatic carbocycles. The minimum absolute atomic E-state index is 0.0139. The predicted octanol–water partition coefficient (Wildman–Crippen LogP) is 4.06. The van der Waals surface area contributed by atoms with Crippen LogP contribution in [0.1, 0.15) is 69.0 Å². The topological polar surface area (TPSA) is 161 Å². The molecule has 4 aliphatic rings. The maximum absolute atomic E-state index is 12.6. The number of aromatic amines is 1. The number of H-pyrrole nitrogens is 1. The maximum Gasteiger partial charge on any atom is 0.303 e. The Morgan fingerprint density at radius 2 is 1.64 bits per heavy atom. The number of carboxylic acid groups (broad SMARTS) is 2. The van der Waals surface area contributed by atoms with Gasteiger partial charge in [-0.05, 0) is 80.0 Å². The Balaban J connectivity index is 1.51. The third kappa shape index (κ3) is 6.29. The van der Waals surface area contributed by atoms with Gasteiger partial charge in [-0.25, -0.2) is 0 Å². The summed E-state index contributed by atoms with van der Waals surface area (Å²) in [5, 5.41) is 29.0. The Kier molecular flexibility index (Phi) is 8.97. The van der Waals surface area contributed by atoms with Gasteiger partial charge in [0, 0.05) is 70.1 Å². The van der Waals surface area contributed by atoms with Crippen LogP contribution in [-0.4, -0.2) is 62.0 Å². The SMILES string of the molecule is C=CC1=C(C)[C@@H](CC2N/C(=C\c3[nH]c(/C=C4\NC(=O)[C@H](C)[C@H]4[C@@H]4CS4)c(C)c3CCC(=O)O)C(CCC(=O)O)=C2C)NC1=O. The highest BCUT2D eigenvalue weighted by molar-refractivity contribution is 8.06. The molecule has 5 rings (SSSR count). The highest BCUT2D eigenvalue weighted by atomic mass is 32.2. The summed E-state index contributed by atoms with van der Waals surface area (Å²) in [5.41, 5.74) is 8.39. The molecular formula is C33H40N4O6S. The van der Waals surface area contributed by atoms with Crippen molar-refractivity contribution in [2.45, 2.75) is 77.1 Å². The fourth-order valence-electron chi connectivity index (χ4n) is 6.66. The molecule has 0 saturated carbocycles. The average molecular weight is 621 g/mol. The van der Waals surface area contributed by atoms with Gasteiger partial charge in [-0.2, -0.15) is 11.8 Å². The van der Waals surface area contributed by atoms with E-state index in [0.29, 0.717) is 30.1 Å². The summed E-state index contributed by atoms with van der Waals surface area (Å²) in [7, 11) is 0. The van der Waals surface area contributed by atoms with E-state index >= 15 is 0 Å². The lowest BCUT2D eigenvalue weighted by molar-refractivity contribution is -0.138. The molecule has 0 spiro atoms. The van der Waals surface area contributed by atoms with E-state index in [-0.39, 0.29) is 48.6 Å². The number of aromatic nitrogens is 1. The molecule has 1 aromatic rings. The van der Waals surface area contributed by atoms with Gasteiger partial charge in [0.25, 0.3) is 5.91 Å². The van der Waals surface area contributed by atoms with Gasteiger partial charge >= 0.3 is 11.9 Å². The van der Waals surface area contributed by atoms with Gasteiger partial charge < -0.3 is 31.1 Å². The van der Waals surface area contributed by atoms with E-state index in [4.69, 9.17) is 0 Å². The second kappa shape index (κ2) is 12.6. The summed E-state index contributed by atoms with van der Waals surface area (Å²) >= 11 is 1.85. The van der Waals surface area contributed by atoms with Gasteiger partial charge in [0.15, 0.2) is 0 Å². The number of aliphatic carboxylic acids is 2. The van der Waals surface area contributed by atoms with Crippen LogP contribution in [0.15, 0.2) is 46.3 Å².